The van der Waals surface area contributed by atoms with Crippen molar-refractivity contribution in [3.05, 3.63) is 177 Å². The van der Waals surface area contributed by atoms with Gasteiger partial charge in [-0.3, -0.25) is 25.0 Å². The zero-order valence-corrected chi connectivity index (χ0v) is 22.5. The van der Waals surface area contributed by atoms with E-state index in [0.29, 0.717) is 0 Å². The molecule has 1 aromatic carbocycles. The highest BCUT2D eigenvalue weighted by Gasteiger charge is 1.62. The summed E-state index contributed by atoms with van der Waals surface area (Å²) in [6.07, 6.45) is 23.4. The van der Waals surface area contributed by atoms with Gasteiger partial charge in [0, 0.05) is 85.9 Å². The summed E-state index contributed by atoms with van der Waals surface area (Å²) < 4.78 is 0. The van der Waals surface area contributed by atoms with Crippen molar-refractivity contribution in [1.29, 1.82) is 0 Å². The first-order chi connectivity index (χ1) is 20.0. The number of hydrogen-bond donors (Lipinski definition) is 1. The summed E-state index contributed by atoms with van der Waals surface area (Å²) in [5.74, 6) is 0. The fourth-order valence-electron chi connectivity index (χ4n) is 1.85. The topological polar surface area (TPSA) is 132 Å². The van der Waals surface area contributed by atoms with Gasteiger partial charge in [0.05, 0.1) is 5.51 Å². The van der Waals surface area contributed by atoms with Crippen molar-refractivity contribution in [2.45, 2.75) is 0 Å². The minimum absolute atomic E-state index is 1.50. The Balaban J connectivity index is 0.000000234. The number of aromatic amines is 1. The van der Waals surface area contributed by atoms with Crippen LogP contribution >= 0.6 is 11.3 Å². The molecule has 7 rings (SSSR count). The summed E-state index contributed by atoms with van der Waals surface area (Å²) in [6, 6.07) is 25.0. The molecule has 40 heavy (non-hydrogen) atoms. The smallest absolute Gasteiger partial charge is 0.115 e. The molecule has 0 atom stereocenters. The fraction of sp³-hybridized carbons (Fsp3) is 0. The van der Waals surface area contributed by atoms with Gasteiger partial charge in [-0.05, 0) is 36.4 Å². The Labute approximate surface area is 238 Å². The summed E-state index contributed by atoms with van der Waals surface area (Å²) in [4.78, 5) is 22.3. The Kier molecular flexibility index (Phi) is 24.1. The van der Waals surface area contributed by atoms with Crippen LogP contribution in [0.25, 0.3) is 0 Å². The molecule has 202 valence electrons. The molecule has 0 aliphatic carbocycles. The zero-order valence-electron chi connectivity index (χ0n) is 21.7. The molecular formula is C29H30N10S. The predicted molar refractivity (Wildman–Crippen MR) is 157 cm³/mol. The maximum absolute atomic E-state index is 3.78. The van der Waals surface area contributed by atoms with Gasteiger partial charge in [0.25, 0.3) is 0 Å². The summed E-state index contributed by atoms with van der Waals surface area (Å²) in [6.45, 7) is 0. The van der Waals surface area contributed by atoms with Crippen molar-refractivity contribution in [1.82, 2.24) is 50.3 Å². The van der Waals surface area contributed by atoms with Crippen LogP contribution in [0.15, 0.2) is 177 Å². The fourth-order valence-corrected chi connectivity index (χ4v) is 2.20. The maximum Gasteiger partial charge on any atom is 0.115 e. The molecule has 1 N–H and O–H groups in total. The van der Waals surface area contributed by atoms with E-state index in [0.717, 1.165) is 0 Å². The maximum atomic E-state index is 3.78. The van der Waals surface area contributed by atoms with Crippen LogP contribution in [0, 0.1) is 0 Å². The molecule has 0 bridgehead atoms. The van der Waals surface area contributed by atoms with Gasteiger partial charge in [0.1, 0.15) is 6.33 Å². The minimum atomic E-state index is 1.50. The number of H-pyrrole nitrogens is 1. The van der Waals surface area contributed by atoms with Crippen LogP contribution in [0.5, 0.6) is 0 Å². The third-order valence-electron chi connectivity index (χ3n) is 3.42. The molecule has 0 saturated carbocycles. The van der Waals surface area contributed by atoms with Gasteiger partial charge in [-0.15, -0.1) is 11.3 Å². The molecule has 10 nitrogen and oxygen atoms in total. The third-order valence-corrected chi connectivity index (χ3v) is 3.95. The average Bonchev–Trinajstić information content (AvgIpc) is 3.87. The monoisotopic (exact) mass is 550 g/mol. The van der Waals surface area contributed by atoms with Crippen LogP contribution < -0.4 is 0 Å². The molecule has 0 radical (unpaired) electrons. The third kappa shape index (κ3) is 27.0. The first kappa shape index (κ1) is 32.5. The van der Waals surface area contributed by atoms with E-state index < -0.39 is 0 Å². The average molecular weight is 551 g/mol. The van der Waals surface area contributed by atoms with Crippen LogP contribution in [0.4, 0.5) is 0 Å². The van der Waals surface area contributed by atoms with E-state index in [1.807, 2.05) is 78.2 Å². The van der Waals surface area contributed by atoms with E-state index in [2.05, 4.69) is 50.3 Å². The summed E-state index contributed by atoms with van der Waals surface area (Å²) in [7, 11) is 0. The Morgan fingerprint density at radius 1 is 0.375 bits per heavy atom. The van der Waals surface area contributed by atoms with Crippen LogP contribution in [0.3, 0.4) is 0 Å². The number of rotatable bonds is 0. The van der Waals surface area contributed by atoms with Crippen molar-refractivity contribution >= 4 is 11.3 Å². The SMILES string of the molecule is c1ccccc1.c1ccncc1.c1ccnnc1.c1cn[nH]c1.c1cnccn1.c1cncnc1.c1cscn1. The van der Waals surface area contributed by atoms with Crippen molar-refractivity contribution in [2.24, 2.45) is 0 Å². The number of benzene rings is 1. The highest BCUT2D eigenvalue weighted by Crippen LogP contribution is 1.86. The van der Waals surface area contributed by atoms with Crippen LogP contribution in [0.1, 0.15) is 0 Å². The number of hydrogen-bond acceptors (Lipinski definition) is 10. The van der Waals surface area contributed by atoms with E-state index in [1.54, 1.807) is 103 Å². The lowest BCUT2D eigenvalue weighted by Crippen LogP contribution is -1.69. The summed E-state index contributed by atoms with van der Waals surface area (Å²) >= 11 is 1.60. The molecule has 0 amide bonds. The second-order valence-electron chi connectivity index (χ2n) is 6.33. The lowest BCUT2D eigenvalue weighted by atomic mass is 10.4. The van der Waals surface area contributed by atoms with Gasteiger partial charge >= 0.3 is 0 Å². The molecule has 11 heteroatoms. The van der Waals surface area contributed by atoms with Gasteiger partial charge < -0.3 is 0 Å². The molecule has 0 spiro atoms. The first-order valence-corrected chi connectivity index (χ1v) is 12.7. The summed E-state index contributed by atoms with van der Waals surface area (Å²) in [5.41, 5.74) is 1.79. The predicted octanol–water partition coefficient (Wildman–Crippen LogP) is 5.75. The van der Waals surface area contributed by atoms with E-state index in [1.165, 1.54) is 6.33 Å². The van der Waals surface area contributed by atoms with E-state index >= 15 is 0 Å². The highest BCUT2D eigenvalue weighted by molar-refractivity contribution is 7.07. The second kappa shape index (κ2) is 29.7. The van der Waals surface area contributed by atoms with Crippen molar-refractivity contribution < 1.29 is 0 Å². The van der Waals surface area contributed by atoms with Crippen LogP contribution in [-0.4, -0.2) is 50.3 Å². The van der Waals surface area contributed by atoms with Crippen molar-refractivity contribution in [2.75, 3.05) is 0 Å². The lowest BCUT2D eigenvalue weighted by molar-refractivity contribution is 1.03. The Bertz CT molecular complexity index is 891. The van der Waals surface area contributed by atoms with E-state index in [-0.39, 0.29) is 0 Å². The van der Waals surface area contributed by atoms with Gasteiger partial charge in [-0.1, -0.05) is 42.5 Å². The van der Waals surface area contributed by atoms with Crippen molar-refractivity contribution in [3.63, 3.8) is 0 Å². The number of pyridine rings is 1. The zero-order chi connectivity index (χ0) is 28.3. The van der Waals surface area contributed by atoms with Gasteiger partial charge in [-0.2, -0.15) is 15.3 Å². The quantitative estimate of drug-likeness (QED) is 0.251. The minimum Gasteiger partial charge on any atom is -0.286 e. The molecule has 6 aromatic heterocycles. The molecule has 7 aromatic rings. The Morgan fingerprint density at radius 2 is 0.875 bits per heavy atom. The molecule has 0 aliphatic heterocycles. The second-order valence-corrected chi connectivity index (χ2v) is 7.09. The summed E-state index contributed by atoms with van der Waals surface area (Å²) in [5, 5.41) is 15.2. The van der Waals surface area contributed by atoms with Gasteiger partial charge in [-0.25, -0.2) is 9.97 Å². The standard InChI is InChI=1S/C6H6.C5H5N.3C4H4N2.C3H4N2.C3H3NS/c2*1-2-4-6-5-3-1;1-2-6-4-3-5-1;1-2-5-4-6-3-1;1-2-4-6-5-3-1;1-2-4-5-3-1;1-2-5-3-4-1/h1-6H;1-5H;3*1-4H;1-3H,(H,4,5);1-3H. The Hall–Kier alpha value is -5.55. The highest BCUT2D eigenvalue weighted by atomic mass is 32.1. The molecule has 0 aliphatic rings. The Morgan fingerprint density at radius 3 is 1.05 bits per heavy atom. The molecule has 0 unspecified atom stereocenters. The normalized spacial score (nSPS) is 8.00. The lowest BCUT2D eigenvalue weighted by Gasteiger charge is -1.70. The molecule has 0 saturated heterocycles. The first-order valence-electron chi connectivity index (χ1n) is 11.7. The molecule has 0 fully saturated rings. The largest absolute Gasteiger partial charge is 0.286 e. The van der Waals surface area contributed by atoms with Gasteiger partial charge in [0.15, 0.2) is 0 Å². The number of nitrogens with one attached hydrogen (secondary N) is 1. The molecular weight excluding hydrogens is 520 g/mol. The van der Waals surface area contributed by atoms with Crippen LogP contribution in [0.2, 0.25) is 0 Å². The van der Waals surface area contributed by atoms with Crippen LogP contribution in [-0.2, 0) is 0 Å². The van der Waals surface area contributed by atoms with E-state index in [4.69, 9.17) is 0 Å². The molecule has 6 heterocycles. The van der Waals surface area contributed by atoms with E-state index in [9.17, 15) is 0 Å². The number of aromatic nitrogens is 10. The number of nitrogens with zero attached hydrogens (tertiary/aromatic N) is 9. The van der Waals surface area contributed by atoms with Crippen molar-refractivity contribution in [3.8, 4) is 0 Å². The number of thiazole rings is 1. The van der Waals surface area contributed by atoms with Gasteiger partial charge in [0.2, 0.25) is 0 Å².